The molecule has 0 bridgehead atoms. The van der Waals surface area contributed by atoms with Crippen LogP contribution in [0, 0.1) is 6.92 Å². The number of carbonyl (C=O) groups excluding carboxylic acids is 1. The number of nitrogens with one attached hydrogen (secondary N) is 1. The summed E-state index contributed by atoms with van der Waals surface area (Å²) in [7, 11) is 1.94. The lowest BCUT2D eigenvalue weighted by Crippen LogP contribution is -2.46. The molecule has 7 heteroatoms. The SMILES string of the molecule is CCCN(C(=O)c1cc2c(C)nn(C)c2s1)C1CCNCC1.Cl. The van der Waals surface area contributed by atoms with E-state index in [9.17, 15) is 4.79 Å². The minimum absolute atomic E-state index is 0. The number of thiophene rings is 1. The highest BCUT2D eigenvalue weighted by atomic mass is 35.5. The molecule has 0 radical (unpaired) electrons. The number of fused-ring (bicyclic) bond motifs is 1. The molecule has 3 heterocycles. The van der Waals surface area contributed by atoms with Gasteiger partial charge in [0, 0.05) is 25.0 Å². The molecule has 1 saturated heterocycles. The van der Waals surface area contributed by atoms with E-state index in [-0.39, 0.29) is 18.3 Å². The van der Waals surface area contributed by atoms with Crippen molar-refractivity contribution >= 4 is 39.9 Å². The Morgan fingerprint density at radius 2 is 2.17 bits per heavy atom. The fourth-order valence-corrected chi connectivity index (χ4v) is 4.34. The van der Waals surface area contributed by atoms with Crippen molar-refractivity contribution in [3.63, 3.8) is 0 Å². The number of rotatable bonds is 4. The maximum Gasteiger partial charge on any atom is 0.264 e. The molecule has 1 aliphatic heterocycles. The van der Waals surface area contributed by atoms with E-state index in [0.29, 0.717) is 6.04 Å². The summed E-state index contributed by atoms with van der Waals surface area (Å²) in [6, 6.07) is 2.40. The summed E-state index contributed by atoms with van der Waals surface area (Å²) in [5, 5.41) is 8.90. The first-order valence-electron chi connectivity index (χ1n) is 8.06. The van der Waals surface area contributed by atoms with Crippen LogP contribution in [0.25, 0.3) is 10.2 Å². The largest absolute Gasteiger partial charge is 0.335 e. The molecule has 0 saturated carbocycles. The third-order valence-electron chi connectivity index (χ3n) is 4.38. The molecule has 23 heavy (non-hydrogen) atoms. The van der Waals surface area contributed by atoms with E-state index in [4.69, 9.17) is 0 Å². The number of nitrogens with zero attached hydrogens (tertiary/aromatic N) is 3. The number of aromatic nitrogens is 2. The first-order valence-corrected chi connectivity index (χ1v) is 8.88. The zero-order valence-corrected chi connectivity index (χ0v) is 15.6. The van der Waals surface area contributed by atoms with Gasteiger partial charge in [-0.15, -0.1) is 23.7 Å². The second-order valence-corrected chi connectivity index (χ2v) is 7.05. The molecule has 3 rings (SSSR count). The smallest absolute Gasteiger partial charge is 0.264 e. The molecule has 128 valence electrons. The van der Waals surface area contributed by atoms with Crippen molar-refractivity contribution in [2.24, 2.45) is 7.05 Å². The highest BCUT2D eigenvalue weighted by molar-refractivity contribution is 7.20. The van der Waals surface area contributed by atoms with Gasteiger partial charge in [0.1, 0.15) is 4.83 Å². The Balaban J connectivity index is 0.00000192. The number of halogens is 1. The van der Waals surface area contributed by atoms with Gasteiger partial charge in [-0.25, -0.2) is 0 Å². The van der Waals surface area contributed by atoms with E-state index < -0.39 is 0 Å². The fourth-order valence-electron chi connectivity index (χ4n) is 3.26. The monoisotopic (exact) mass is 356 g/mol. The molecule has 1 aliphatic rings. The van der Waals surface area contributed by atoms with E-state index in [1.54, 1.807) is 11.3 Å². The van der Waals surface area contributed by atoms with Crippen LogP contribution in [0.15, 0.2) is 6.07 Å². The number of hydrogen-bond donors (Lipinski definition) is 1. The molecule has 1 N–H and O–H groups in total. The maximum atomic E-state index is 13.0. The van der Waals surface area contributed by atoms with Crippen LogP contribution < -0.4 is 5.32 Å². The number of amides is 1. The van der Waals surface area contributed by atoms with Gasteiger partial charge in [-0.1, -0.05) is 6.92 Å². The summed E-state index contributed by atoms with van der Waals surface area (Å²) in [5.41, 5.74) is 0.997. The molecule has 0 aliphatic carbocycles. The topological polar surface area (TPSA) is 50.2 Å². The molecule has 5 nitrogen and oxygen atoms in total. The first kappa shape index (κ1) is 18.2. The summed E-state index contributed by atoms with van der Waals surface area (Å²) in [5.74, 6) is 0.189. The Labute approximate surface area is 147 Å². The zero-order valence-electron chi connectivity index (χ0n) is 14.0. The molecule has 0 unspecified atom stereocenters. The van der Waals surface area contributed by atoms with Crippen LogP contribution in [-0.4, -0.2) is 46.3 Å². The Morgan fingerprint density at radius 3 is 2.78 bits per heavy atom. The average Bonchev–Trinajstić information content (AvgIpc) is 3.07. The predicted octanol–water partition coefficient (Wildman–Crippen LogP) is 2.97. The molecule has 0 spiro atoms. The molecule has 0 atom stereocenters. The van der Waals surface area contributed by atoms with E-state index in [1.165, 1.54) is 0 Å². The fraction of sp³-hybridized carbons (Fsp3) is 0.625. The number of aryl methyl sites for hydroxylation is 2. The Bertz CT molecular complexity index is 640. The first-order chi connectivity index (χ1) is 10.6. The van der Waals surface area contributed by atoms with E-state index in [0.717, 1.165) is 59.7 Å². The van der Waals surface area contributed by atoms with Gasteiger partial charge in [-0.05, 0) is 45.3 Å². The Morgan fingerprint density at radius 1 is 1.48 bits per heavy atom. The minimum atomic E-state index is 0. The van der Waals surface area contributed by atoms with Crippen molar-refractivity contribution in [1.82, 2.24) is 20.0 Å². The molecular weight excluding hydrogens is 332 g/mol. The van der Waals surface area contributed by atoms with E-state index >= 15 is 0 Å². The summed E-state index contributed by atoms with van der Waals surface area (Å²) in [6.45, 7) is 7.00. The van der Waals surface area contributed by atoms with Crippen LogP contribution in [0.5, 0.6) is 0 Å². The minimum Gasteiger partial charge on any atom is -0.335 e. The van der Waals surface area contributed by atoms with Crippen LogP contribution in [0.1, 0.15) is 41.6 Å². The molecule has 0 aromatic carbocycles. The lowest BCUT2D eigenvalue weighted by atomic mass is 10.0. The van der Waals surface area contributed by atoms with Crippen molar-refractivity contribution in [1.29, 1.82) is 0 Å². The van der Waals surface area contributed by atoms with Gasteiger partial charge >= 0.3 is 0 Å². The van der Waals surface area contributed by atoms with Gasteiger partial charge in [-0.3, -0.25) is 9.48 Å². The molecular formula is C16H25ClN4OS. The van der Waals surface area contributed by atoms with Gasteiger partial charge in [0.25, 0.3) is 5.91 Å². The summed E-state index contributed by atoms with van der Waals surface area (Å²) >= 11 is 1.56. The maximum absolute atomic E-state index is 13.0. The third-order valence-corrected chi connectivity index (χ3v) is 5.57. The zero-order chi connectivity index (χ0) is 15.7. The summed E-state index contributed by atoms with van der Waals surface area (Å²) < 4.78 is 1.88. The normalized spacial score (nSPS) is 15.6. The average molecular weight is 357 g/mol. The molecule has 2 aromatic heterocycles. The summed E-state index contributed by atoms with van der Waals surface area (Å²) in [4.78, 5) is 17.0. The van der Waals surface area contributed by atoms with E-state index in [2.05, 4.69) is 22.2 Å². The van der Waals surface area contributed by atoms with Crippen molar-refractivity contribution in [2.75, 3.05) is 19.6 Å². The van der Waals surface area contributed by atoms with Crippen molar-refractivity contribution in [3.8, 4) is 0 Å². The molecule has 1 fully saturated rings. The lowest BCUT2D eigenvalue weighted by molar-refractivity contribution is 0.0648. The predicted molar refractivity (Wildman–Crippen MR) is 97.8 cm³/mol. The molecule has 1 amide bonds. The van der Waals surface area contributed by atoms with Crippen LogP contribution in [0.2, 0.25) is 0 Å². The van der Waals surface area contributed by atoms with Crippen LogP contribution in [0.4, 0.5) is 0 Å². The second-order valence-electron chi connectivity index (χ2n) is 6.02. The second kappa shape index (κ2) is 7.64. The standard InChI is InChI=1S/C16H24N4OS.ClH/c1-4-9-20(12-5-7-17-8-6-12)15(21)14-10-13-11(2)18-19(3)16(13)22-14;/h10,12,17H,4-9H2,1-3H3;1H. The quantitative estimate of drug-likeness (QED) is 0.916. The van der Waals surface area contributed by atoms with Gasteiger partial charge < -0.3 is 10.2 Å². The highest BCUT2D eigenvalue weighted by Gasteiger charge is 2.27. The summed E-state index contributed by atoms with van der Waals surface area (Å²) in [6.07, 6.45) is 3.11. The third kappa shape index (κ3) is 3.54. The van der Waals surface area contributed by atoms with Gasteiger partial charge in [0.05, 0.1) is 10.6 Å². The van der Waals surface area contributed by atoms with Crippen LogP contribution in [-0.2, 0) is 7.05 Å². The van der Waals surface area contributed by atoms with Gasteiger partial charge in [0.15, 0.2) is 0 Å². The van der Waals surface area contributed by atoms with Gasteiger partial charge in [-0.2, -0.15) is 5.10 Å². The Kier molecular flexibility index (Phi) is 6.06. The Hall–Kier alpha value is -1.11. The van der Waals surface area contributed by atoms with E-state index in [1.807, 2.05) is 24.7 Å². The number of hydrogen-bond acceptors (Lipinski definition) is 4. The van der Waals surface area contributed by atoms with Gasteiger partial charge in [0.2, 0.25) is 0 Å². The highest BCUT2D eigenvalue weighted by Crippen LogP contribution is 2.29. The number of carbonyl (C=O) groups is 1. The van der Waals surface area contributed by atoms with Crippen molar-refractivity contribution in [3.05, 3.63) is 16.6 Å². The number of piperidine rings is 1. The molecule has 2 aromatic rings. The lowest BCUT2D eigenvalue weighted by Gasteiger charge is -2.34. The van der Waals surface area contributed by atoms with Crippen molar-refractivity contribution in [2.45, 2.75) is 39.2 Å². The van der Waals surface area contributed by atoms with Crippen LogP contribution in [0.3, 0.4) is 0 Å². The van der Waals surface area contributed by atoms with Crippen LogP contribution >= 0.6 is 23.7 Å². The van der Waals surface area contributed by atoms with Crippen molar-refractivity contribution < 1.29 is 4.79 Å².